The third kappa shape index (κ3) is 2.84. The van der Waals surface area contributed by atoms with Crippen molar-refractivity contribution in [2.75, 3.05) is 11.6 Å². The fourth-order valence-corrected chi connectivity index (χ4v) is 2.96. The van der Waals surface area contributed by atoms with E-state index in [1.165, 1.54) is 0 Å². The summed E-state index contributed by atoms with van der Waals surface area (Å²) < 4.78 is 5.60. The summed E-state index contributed by atoms with van der Waals surface area (Å²) in [6.07, 6.45) is 0.939. The highest BCUT2D eigenvalue weighted by Crippen LogP contribution is 2.26. The van der Waals surface area contributed by atoms with Gasteiger partial charge < -0.3 is 4.42 Å². The Kier molecular flexibility index (Phi) is 3.98. The Morgan fingerprint density at radius 1 is 1.23 bits per heavy atom. The molecule has 0 amide bonds. The van der Waals surface area contributed by atoms with Gasteiger partial charge in [-0.25, -0.2) is 4.98 Å². The van der Waals surface area contributed by atoms with Gasteiger partial charge in [0.1, 0.15) is 5.52 Å². The number of nitriles is 1. The van der Waals surface area contributed by atoms with Crippen molar-refractivity contribution < 1.29 is 9.21 Å². The molecule has 0 aliphatic carbocycles. The summed E-state index contributed by atoms with van der Waals surface area (Å²) in [5.74, 6) is -1.27. The van der Waals surface area contributed by atoms with Crippen LogP contribution in [-0.2, 0) is 0 Å². The van der Waals surface area contributed by atoms with Gasteiger partial charge in [0, 0.05) is 24.2 Å². The average Bonchev–Trinajstić information content (AvgIpc) is 3.28. The van der Waals surface area contributed by atoms with Crippen LogP contribution in [0.1, 0.15) is 35.5 Å². The molecule has 0 radical (unpaired) electrons. The zero-order valence-electron chi connectivity index (χ0n) is 14.2. The Balaban J connectivity index is 1.60. The Hall–Kier alpha value is -3.46. The number of fused-ring (bicyclic) bond motifs is 1. The highest BCUT2D eigenvalue weighted by molar-refractivity contribution is 6.02. The molecule has 0 N–H and O–H groups in total. The number of ketones is 1. The maximum Gasteiger partial charge on any atom is 0.220 e. The minimum Gasteiger partial charge on any atom is -0.439 e. The van der Waals surface area contributed by atoms with E-state index in [0.29, 0.717) is 16.7 Å². The van der Waals surface area contributed by atoms with E-state index in [0.717, 1.165) is 24.4 Å². The monoisotopic (exact) mass is 344 g/mol. The number of rotatable bonds is 4. The van der Waals surface area contributed by atoms with E-state index in [-0.39, 0.29) is 11.7 Å². The molecule has 4 rings (SSSR count). The zero-order valence-corrected chi connectivity index (χ0v) is 14.2. The molecule has 26 heavy (non-hydrogen) atoms. The Morgan fingerprint density at radius 2 is 2.00 bits per heavy atom. The number of para-hydroxylation sites is 2. The lowest BCUT2D eigenvalue weighted by Crippen LogP contribution is -2.14. The van der Waals surface area contributed by atoms with Crippen molar-refractivity contribution in [3.8, 4) is 6.07 Å². The highest BCUT2D eigenvalue weighted by atomic mass is 16.3. The van der Waals surface area contributed by atoms with Gasteiger partial charge in [0.25, 0.3) is 0 Å². The van der Waals surface area contributed by atoms with Gasteiger partial charge in [0.2, 0.25) is 5.89 Å². The van der Waals surface area contributed by atoms with Crippen molar-refractivity contribution in [3.05, 3.63) is 60.0 Å². The van der Waals surface area contributed by atoms with E-state index in [2.05, 4.69) is 10.1 Å². The first-order valence-corrected chi connectivity index (χ1v) is 8.36. The van der Waals surface area contributed by atoms with Crippen LogP contribution in [0.5, 0.6) is 0 Å². The molecule has 0 unspecified atom stereocenters. The Morgan fingerprint density at radius 3 is 2.65 bits per heavy atom. The molecule has 0 bridgehead atoms. The van der Waals surface area contributed by atoms with Crippen LogP contribution in [0, 0.1) is 11.3 Å². The zero-order chi connectivity index (χ0) is 18.1. The number of carbonyl (C=O) groups excluding carboxylic acids is 1. The van der Waals surface area contributed by atoms with Gasteiger partial charge in [-0.2, -0.15) is 10.4 Å². The van der Waals surface area contributed by atoms with Crippen LogP contribution in [0.25, 0.3) is 11.1 Å². The van der Waals surface area contributed by atoms with Gasteiger partial charge in [0.15, 0.2) is 17.3 Å². The molecule has 2 heterocycles. The van der Waals surface area contributed by atoms with Gasteiger partial charge in [-0.3, -0.25) is 9.80 Å². The molecule has 128 valence electrons. The van der Waals surface area contributed by atoms with Gasteiger partial charge in [-0.05, 0) is 43.3 Å². The fourth-order valence-electron chi connectivity index (χ4n) is 2.96. The van der Waals surface area contributed by atoms with E-state index in [1.54, 1.807) is 24.3 Å². The molecule has 1 aromatic heterocycles. The molecule has 1 aliphatic rings. The molecule has 0 fully saturated rings. The van der Waals surface area contributed by atoms with Crippen LogP contribution in [-0.4, -0.2) is 23.0 Å². The van der Waals surface area contributed by atoms with Gasteiger partial charge >= 0.3 is 0 Å². The molecule has 6 nitrogen and oxygen atoms in total. The average molecular weight is 344 g/mol. The lowest BCUT2D eigenvalue weighted by molar-refractivity contribution is 0.0970. The van der Waals surface area contributed by atoms with Gasteiger partial charge in [-0.1, -0.05) is 12.1 Å². The second-order valence-electron chi connectivity index (χ2n) is 6.20. The summed E-state index contributed by atoms with van der Waals surface area (Å²) >= 11 is 0. The SMILES string of the molecule is CC1=NN(c2ccc(C(=O)[C@H](C#N)c3nc4ccccc4o3)cc2)CC1. The quantitative estimate of drug-likeness (QED) is 0.670. The number of carbonyl (C=O) groups is 1. The summed E-state index contributed by atoms with van der Waals surface area (Å²) in [4.78, 5) is 17.1. The van der Waals surface area contributed by atoms with Crippen molar-refractivity contribution in [1.29, 1.82) is 5.26 Å². The van der Waals surface area contributed by atoms with Crippen molar-refractivity contribution in [2.24, 2.45) is 5.10 Å². The number of benzene rings is 2. The Labute approximate surface area is 150 Å². The summed E-state index contributed by atoms with van der Waals surface area (Å²) in [6.45, 7) is 2.83. The summed E-state index contributed by atoms with van der Waals surface area (Å²) in [5, 5.41) is 15.8. The largest absolute Gasteiger partial charge is 0.439 e. The van der Waals surface area contributed by atoms with Gasteiger partial charge in [0.05, 0.1) is 11.8 Å². The normalized spacial score (nSPS) is 14.9. The first kappa shape index (κ1) is 16.0. The van der Waals surface area contributed by atoms with Crippen LogP contribution >= 0.6 is 0 Å². The van der Waals surface area contributed by atoms with Crippen molar-refractivity contribution in [3.63, 3.8) is 0 Å². The van der Waals surface area contributed by atoms with Crippen molar-refractivity contribution >= 4 is 28.3 Å². The third-order valence-electron chi connectivity index (χ3n) is 4.38. The van der Waals surface area contributed by atoms with Crippen LogP contribution in [0.2, 0.25) is 0 Å². The maximum atomic E-state index is 12.8. The van der Waals surface area contributed by atoms with E-state index in [1.807, 2.05) is 42.3 Å². The summed E-state index contributed by atoms with van der Waals surface area (Å²) in [7, 11) is 0. The predicted molar refractivity (Wildman–Crippen MR) is 98.2 cm³/mol. The lowest BCUT2D eigenvalue weighted by atomic mass is 9.98. The lowest BCUT2D eigenvalue weighted by Gasteiger charge is -2.14. The molecule has 0 saturated carbocycles. The number of hydrogen-bond acceptors (Lipinski definition) is 6. The van der Waals surface area contributed by atoms with E-state index in [4.69, 9.17) is 4.42 Å². The molecule has 2 aromatic carbocycles. The van der Waals surface area contributed by atoms with Crippen molar-refractivity contribution in [2.45, 2.75) is 19.3 Å². The molecule has 3 aromatic rings. The van der Waals surface area contributed by atoms with E-state index < -0.39 is 5.92 Å². The summed E-state index contributed by atoms with van der Waals surface area (Å²) in [6, 6.07) is 16.3. The molecular formula is C20H16N4O2. The first-order valence-electron chi connectivity index (χ1n) is 8.36. The molecule has 1 aliphatic heterocycles. The smallest absolute Gasteiger partial charge is 0.220 e. The molecule has 6 heteroatoms. The van der Waals surface area contributed by atoms with E-state index >= 15 is 0 Å². The van der Waals surface area contributed by atoms with Crippen LogP contribution in [0.15, 0.2) is 58.0 Å². The topological polar surface area (TPSA) is 82.5 Å². The third-order valence-corrected chi connectivity index (χ3v) is 4.38. The first-order chi connectivity index (χ1) is 12.7. The highest BCUT2D eigenvalue weighted by Gasteiger charge is 2.27. The second-order valence-corrected chi connectivity index (χ2v) is 6.20. The molecule has 0 spiro atoms. The number of aromatic nitrogens is 1. The van der Waals surface area contributed by atoms with E-state index in [9.17, 15) is 10.1 Å². The fraction of sp³-hybridized carbons (Fsp3) is 0.200. The predicted octanol–water partition coefficient (Wildman–Crippen LogP) is 3.90. The second kappa shape index (κ2) is 6.45. The van der Waals surface area contributed by atoms with Crippen LogP contribution in [0.3, 0.4) is 0 Å². The summed E-state index contributed by atoms with van der Waals surface area (Å²) in [5.41, 5.74) is 3.66. The number of hydrazone groups is 1. The maximum absolute atomic E-state index is 12.8. The standard InChI is InChI=1S/C20H16N4O2/c1-13-10-11-24(23-13)15-8-6-14(7-9-15)19(25)16(12-21)20-22-17-4-2-3-5-18(17)26-20/h2-9,16H,10-11H2,1H3/t16-/m0/s1. The van der Waals surface area contributed by atoms with Crippen LogP contribution < -0.4 is 5.01 Å². The minimum atomic E-state index is -1.07. The number of Topliss-reactive ketones (excluding diaryl/α,β-unsaturated/α-hetero) is 1. The number of anilines is 1. The van der Waals surface area contributed by atoms with Gasteiger partial charge in [-0.15, -0.1) is 0 Å². The number of hydrogen-bond donors (Lipinski definition) is 0. The molecule has 1 atom stereocenters. The Bertz CT molecular complexity index is 1010. The molecular weight excluding hydrogens is 328 g/mol. The number of oxazole rings is 1. The minimum absolute atomic E-state index is 0.127. The van der Waals surface area contributed by atoms with Crippen LogP contribution in [0.4, 0.5) is 5.69 Å². The molecule has 0 saturated heterocycles. The number of nitrogens with zero attached hydrogens (tertiary/aromatic N) is 4. The van der Waals surface area contributed by atoms with Crippen molar-refractivity contribution in [1.82, 2.24) is 4.98 Å².